The molecule has 1 saturated heterocycles. The van der Waals surface area contributed by atoms with Crippen molar-refractivity contribution in [3.63, 3.8) is 0 Å². The van der Waals surface area contributed by atoms with E-state index in [2.05, 4.69) is 5.32 Å². The number of amides is 2. The summed E-state index contributed by atoms with van der Waals surface area (Å²) in [6.07, 6.45) is 18.5. The van der Waals surface area contributed by atoms with Crippen LogP contribution in [-0.2, 0) is 9.59 Å². The molecule has 1 aliphatic heterocycles. The number of nitrogens with two attached hydrogens (primary N) is 2. The molecule has 0 aromatic rings. The van der Waals surface area contributed by atoms with Crippen molar-refractivity contribution in [2.45, 2.75) is 121 Å². The van der Waals surface area contributed by atoms with E-state index in [0.717, 1.165) is 38.5 Å². The van der Waals surface area contributed by atoms with Crippen LogP contribution in [0.4, 0.5) is 0 Å². The molecule has 6 nitrogen and oxygen atoms in total. The molecule has 0 unspecified atom stereocenters. The number of likely N-dealkylation sites (tertiary alicyclic amines) is 1. The second-order valence-electron chi connectivity index (χ2n) is 11.6. The molecular weight excluding hydrogens is 412 g/mol. The molecule has 4 rings (SSSR count). The van der Waals surface area contributed by atoms with Crippen molar-refractivity contribution in [2.75, 3.05) is 13.1 Å². The van der Waals surface area contributed by atoms with Crippen LogP contribution in [0.25, 0.3) is 0 Å². The summed E-state index contributed by atoms with van der Waals surface area (Å²) in [5.74, 6) is 2.02. The first-order chi connectivity index (χ1) is 16.0. The van der Waals surface area contributed by atoms with E-state index in [4.69, 9.17) is 11.5 Å². The van der Waals surface area contributed by atoms with E-state index >= 15 is 0 Å². The predicted molar refractivity (Wildman–Crippen MR) is 132 cm³/mol. The van der Waals surface area contributed by atoms with Crippen LogP contribution >= 0.6 is 0 Å². The van der Waals surface area contributed by atoms with E-state index in [1.807, 2.05) is 4.90 Å². The number of carbonyl (C=O) groups excluding carboxylic acids is 2. The van der Waals surface area contributed by atoms with Crippen LogP contribution in [0.5, 0.6) is 0 Å². The summed E-state index contributed by atoms with van der Waals surface area (Å²) in [5.41, 5.74) is 12.9. The number of nitrogens with zero attached hydrogens (tertiary/aromatic N) is 1. The van der Waals surface area contributed by atoms with Crippen LogP contribution in [0.3, 0.4) is 0 Å². The number of rotatable bonds is 7. The van der Waals surface area contributed by atoms with Gasteiger partial charge in [-0.3, -0.25) is 9.59 Å². The lowest BCUT2D eigenvalue weighted by molar-refractivity contribution is -0.141. The summed E-state index contributed by atoms with van der Waals surface area (Å²) >= 11 is 0. The fourth-order valence-electron chi connectivity index (χ4n) is 7.42. The van der Waals surface area contributed by atoms with Gasteiger partial charge in [0, 0.05) is 19.1 Å². The highest BCUT2D eigenvalue weighted by Gasteiger charge is 2.43. The van der Waals surface area contributed by atoms with E-state index in [1.165, 1.54) is 64.2 Å². The van der Waals surface area contributed by atoms with Gasteiger partial charge in [-0.1, -0.05) is 64.2 Å². The van der Waals surface area contributed by atoms with Gasteiger partial charge >= 0.3 is 0 Å². The largest absolute Gasteiger partial charge is 0.354 e. The van der Waals surface area contributed by atoms with Gasteiger partial charge in [0.1, 0.15) is 6.04 Å². The van der Waals surface area contributed by atoms with Crippen molar-refractivity contribution in [1.82, 2.24) is 10.2 Å². The Bertz CT molecular complexity index is 618. The Kier molecular flexibility index (Phi) is 9.09. The van der Waals surface area contributed by atoms with Gasteiger partial charge < -0.3 is 21.7 Å². The molecule has 4 aliphatic rings. The second-order valence-corrected chi connectivity index (χ2v) is 11.6. The first kappa shape index (κ1) is 25.0. The minimum atomic E-state index is -0.454. The Hall–Kier alpha value is -1.14. The molecule has 2 amide bonds. The van der Waals surface area contributed by atoms with Gasteiger partial charge in [0.05, 0.1) is 6.04 Å². The van der Waals surface area contributed by atoms with Crippen molar-refractivity contribution in [1.29, 1.82) is 0 Å². The topological polar surface area (TPSA) is 101 Å². The van der Waals surface area contributed by atoms with E-state index in [-0.39, 0.29) is 23.8 Å². The second kappa shape index (κ2) is 12.0. The van der Waals surface area contributed by atoms with Crippen LogP contribution in [0.2, 0.25) is 0 Å². The zero-order chi connectivity index (χ0) is 23.2. The Morgan fingerprint density at radius 2 is 1.36 bits per heavy atom. The maximum absolute atomic E-state index is 13.7. The minimum Gasteiger partial charge on any atom is -0.354 e. The lowest BCUT2D eigenvalue weighted by Gasteiger charge is -2.42. The third-order valence-corrected chi connectivity index (χ3v) is 9.38. The molecule has 188 valence electrons. The Morgan fingerprint density at radius 1 is 0.788 bits per heavy atom. The number of hydrogen-bond acceptors (Lipinski definition) is 4. The van der Waals surface area contributed by atoms with Gasteiger partial charge in [0.25, 0.3) is 0 Å². The average Bonchev–Trinajstić information content (AvgIpc) is 3.34. The Labute approximate surface area is 201 Å². The highest BCUT2D eigenvalue weighted by atomic mass is 16.2. The summed E-state index contributed by atoms with van der Waals surface area (Å²) < 4.78 is 0. The van der Waals surface area contributed by atoms with E-state index in [1.54, 1.807) is 0 Å². The SMILES string of the molecule is N[C@H](C(=O)N1CCC[C@H]1C(=O)NC[C@H]1CC[C@H](N)CC1)C(C1CCCCC1)C1CCCCC1. The molecule has 6 heteroatoms. The van der Waals surface area contributed by atoms with Crippen molar-refractivity contribution >= 4 is 11.8 Å². The minimum absolute atomic E-state index is 0.0230. The van der Waals surface area contributed by atoms with Gasteiger partial charge in [-0.25, -0.2) is 0 Å². The smallest absolute Gasteiger partial charge is 0.242 e. The highest BCUT2D eigenvalue weighted by molar-refractivity contribution is 5.90. The predicted octanol–water partition coefficient (Wildman–Crippen LogP) is 3.72. The zero-order valence-electron chi connectivity index (χ0n) is 20.7. The van der Waals surface area contributed by atoms with E-state index in [9.17, 15) is 9.59 Å². The molecule has 33 heavy (non-hydrogen) atoms. The normalized spacial score (nSPS) is 31.0. The summed E-state index contributed by atoms with van der Waals surface area (Å²) in [6.45, 7) is 1.38. The number of carbonyl (C=O) groups is 2. The van der Waals surface area contributed by atoms with Crippen molar-refractivity contribution in [3.05, 3.63) is 0 Å². The van der Waals surface area contributed by atoms with Gasteiger partial charge in [-0.15, -0.1) is 0 Å². The molecule has 0 spiro atoms. The average molecular weight is 461 g/mol. The first-order valence-corrected chi connectivity index (χ1v) is 14.1. The van der Waals surface area contributed by atoms with Gasteiger partial charge in [0.2, 0.25) is 11.8 Å². The monoisotopic (exact) mass is 460 g/mol. The molecule has 3 aliphatic carbocycles. The fourth-order valence-corrected chi connectivity index (χ4v) is 7.42. The lowest BCUT2D eigenvalue weighted by Crippen LogP contribution is -2.56. The Morgan fingerprint density at radius 3 is 1.94 bits per heavy atom. The van der Waals surface area contributed by atoms with Crippen molar-refractivity contribution in [3.8, 4) is 0 Å². The quantitative estimate of drug-likeness (QED) is 0.539. The van der Waals surface area contributed by atoms with E-state index < -0.39 is 6.04 Å². The highest BCUT2D eigenvalue weighted by Crippen LogP contribution is 2.42. The number of hydrogen-bond donors (Lipinski definition) is 3. The van der Waals surface area contributed by atoms with Gasteiger partial charge in [-0.05, 0) is 62.2 Å². The van der Waals surface area contributed by atoms with Crippen LogP contribution in [0, 0.1) is 23.7 Å². The maximum Gasteiger partial charge on any atom is 0.242 e. The molecule has 0 radical (unpaired) electrons. The van der Waals surface area contributed by atoms with Crippen LogP contribution in [0.15, 0.2) is 0 Å². The summed E-state index contributed by atoms with van der Waals surface area (Å²) in [6, 6.07) is -0.472. The first-order valence-electron chi connectivity index (χ1n) is 14.1. The molecule has 0 aromatic carbocycles. The molecule has 4 fully saturated rings. The van der Waals surface area contributed by atoms with Crippen molar-refractivity contribution in [2.24, 2.45) is 35.1 Å². The van der Waals surface area contributed by atoms with Crippen LogP contribution in [-0.4, -0.2) is 47.9 Å². The molecule has 1 heterocycles. The number of nitrogens with one attached hydrogen (secondary N) is 1. The lowest BCUT2D eigenvalue weighted by atomic mass is 9.66. The van der Waals surface area contributed by atoms with Gasteiger partial charge in [0.15, 0.2) is 0 Å². The molecular formula is C27H48N4O2. The van der Waals surface area contributed by atoms with Gasteiger partial charge in [-0.2, -0.15) is 0 Å². The fraction of sp³-hybridized carbons (Fsp3) is 0.926. The molecule has 5 N–H and O–H groups in total. The standard InChI is InChI=1S/C27H48N4O2/c28-22-15-13-19(14-16-22)18-30-26(32)23-12-7-17-31(23)27(33)25(29)24(20-8-3-1-4-9-20)21-10-5-2-6-11-21/h19-25H,1-18,28-29H2,(H,30,32)/t19-,22-,23-,25-/m0/s1. The third kappa shape index (κ3) is 6.30. The van der Waals surface area contributed by atoms with Crippen LogP contribution in [0.1, 0.15) is 103 Å². The Balaban J connectivity index is 1.37. The summed E-state index contributed by atoms with van der Waals surface area (Å²) in [5, 5.41) is 3.17. The maximum atomic E-state index is 13.7. The van der Waals surface area contributed by atoms with Crippen LogP contribution < -0.4 is 16.8 Å². The van der Waals surface area contributed by atoms with E-state index in [0.29, 0.717) is 36.9 Å². The summed E-state index contributed by atoms with van der Waals surface area (Å²) in [7, 11) is 0. The zero-order valence-corrected chi connectivity index (χ0v) is 20.7. The summed E-state index contributed by atoms with van der Waals surface area (Å²) in [4.78, 5) is 28.7. The molecule has 0 bridgehead atoms. The molecule has 2 atom stereocenters. The molecule has 3 saturated carbocycles. The van der Waals surface area contributed by atoms with Crippen molar-refractivity contribution < 1.29 is 9.59 Å². The molecule has 0 aromatic heterocycles. The third-order valence-electron chi connectivity index (χ3n) is 9.38.